The molecule has 2 aromatic carbocycles. The summed E-state index contributed by atoms with van der Waals surface area (Å²) in [4.78, 5) is 40.3. The van der Waals surface area contributed by atoms with Gasteiger partial charge in [0.25, 0.3) is 5.56 Å². The fourth-order valence-corrected chi connectivity index (χ4v) is 3.61. The van der Waals surface area contributed by atoms with Crippen LogP contribution in [0, 0.1) is 13.8 Å². The summed E-state index contributed by atoms with van der Waals surface area (Å²) < 4.78 is 2.57. The second-order valence-electron chi connectivity index (χ2n) is 6.86. The number of rotatable bonds is 5. The SMILES string of the molecule is CCN(C(=O)Cn1c(=O)n(CC)c(=O)c2ccccc21)c1ccc(C)cc1C. The van der Waals surface area contributed by atoms with E-state index in [1.807, 2.05) is 39.0 Å². The van der Waals surface area contributed by atoms with Crippen molar-refractivity contribution in [2.45, 2.75) is 40.8 Å². The number of fused-ring (bicyclic) bond motifs is 1. The topological polar surface area (TPSA) is 64.3 Å². The van der Waals surface area contributed by atoms with Crippen LogP contribution in [0.3, 0.4) is 0 Å². The normalized spacial score (nSPS) is 11.0. The van der Waals surface area contributed by atoms with E-state index in [-0.39, 0.29) is 24.6 Å². The molecule has 0 saturated heterocycles. The Balaban J connectivity index is 2.10. The summed E-state index contributed by atoms with van der Waals surface area (Å²) in [6.45, 7) is 8.25. The Morgan fingerprint density at radius 2 is 1.71 bits per heavy atom. The molecule has 0 saturated carbocycles. The van der Waals surface area contributed by atoms with Gasteiger partial charge in [-0.2, -0.15) is 0 Å². The van der Waals surface area contributed by atoms with Gasteiger partial charge in [-0.05, 0) is 51.5 Å². The van der Waals surface area contributed by atoms with Crippen LogP contribution >= 0.6 is 0 Å². The Morgan fingerprint density at radius 3 is 2.36 bits per heavy atom. The summed E-state index contributed by atoms with van der Waals surface area (Å²) in [5.74, 6) is -0.192. The van der Waals surface area contributed by atoms with E-state index in [1.54, 1.807) is 36.1 Å². The molecule has 0 aliphatic rings. The molecule has 0 spiro atoms. The quantitative estimate of drug-likeness (QED) is 0.685. The molecule has 6 heteroatoms. The third kappa shape index (κ3) is 3.38. The Bertz CT molecular complexity index is 1160. The van der Waals surface area contributed by atoms with Crippen LogP contribution in [-0.2, 0) is 17.9 Å². The molecule has 146 valence electrons. The monoisotopic (exact) mass is 379 g/mol. The number of likely N-dealkylation sites (N-methyl/N-ethyl adjacent to an activating group) is 1. The zero-order valence-electron chi connectivity index (χ0n) is 16.7. The molecule has 28 heavy (non-hydrogen) atoms. The van der Waals surface area contributed by atoms with Crippen molar-refractivity contribution in [3.05, 3.63) is 74.4 Å². The van der Waals surface area contributed by atoms with E-state index in [2.05, 4.69) is 0 Å². The molecule has 0 atom stereocenters. The fourth-order valence-electron chi connectivity index (χ4n) is 3.61. The van der Waals surface area contributed by atoms with Gasteiger partial charge in [0.05, 0.1) is 10.9 Å². The van der Waals surface area contributed by atoms with Crippen LogP contribution in [0.2, 0.25) is 0 Å². The number of anilines is 1. The van der Waals surface area contributed by atoms with Crippen molar-refractivity contribution in [1.82, 2.24) is 9.13 Å². The maximum atomic E-state index is 13.1. The molecule has 0 radical (unpaired) electrons. The molecular weight excluding hydrogens is 354 g/mol. The number of hydrogen-bond donors (Lipinski definition) is 0. The minimum atomic E-state index is -0.462. The van der Waals surface area contributed by atoms with Gasteiger partial charge in [0.15, 0.2) is 0 Å². The third-order valence-electron chi connectivity index (χ3n) is 5.00. The van der Waals surface area contributed by atoms with Gasteiger partial charge < -0.3 is 4.90 Å². The van der Waals surface area contributed by atoms with E-state index >= 15 is 0 Å². The van der Waals surface area contributed by atoms with Crippen molar-refractivity contribution in [1.29, 1.82) is 0 Å². The summed E-state index contributed by atoms with van der Waals surface area (Å²) in [7, 11) is 0. The zero-order valence-corrected chi connectivity index (χ0v) is 16.7. The van der Waals surface area contributed by atoms with E-state index in [9.17, 15) is 14.4 Å². The summed E-state index contributed by atoms with van der Waals surface area (Å²) in [6, 6.07) is 12.8. The van der Waals surface area contributed by atoms with E-state index in [0.29, 0.717) is 17.4 Å². The first-order chi connectivity index (χ1) is 13.4. The van der Waals surface area contributed by atoms with E-state index < -0.39 is 5.69 Å². The van der Waals surface area contributed by atoms with Crippen LogP contribution in [-0.4, -0.2) is 21.6 Å². The summed E-state index contributed by atoms with van der Waals surface area (Å²) >= 11 is 0. The van der Waals surface area contributed by atoms with Gasteiger partial charge in [0.1, 0.15) is 6.54 Å². The first-order valence-corrected chi connectivity index (χ1v) is 9.49. The Morgan fingerprint density at radius 1 is 1.00 bits per heavy atom. The van der Waals surface area contributed by atoms with Gasteiger partial charge in [-0.15, -0.1) is 0 Å². The number of hydrogen-bond acceptors (Lipinski definition) is 3. The predicted octanol–water partition coefficient (Wildman–Crippen LogP) is 2.85. The highest BCUT2D eigenvalue weighted by Gasteiger charge is 2.20. The highest BCUT2D eigenvalue weighted by atomic mass is 16.2. The summed E-state index contributed by atoms with van der Waals surface area (Å²) in [5, 5.41) is 0.436. The van der Waals surface area contributed by atoms with Crippen LogP contribution in [0.15, 0.2) is 52.1 Å². The average molecular weight is 379 g/mol. The van der Waals surface area contributed by atoms with Gasteiger partial charge in [-0.1, -0.05) is 29.8 Å². The lowest BCUT2D eigenvalue weighted by Gasteiger charge is -2.24. The first-order valence-electron chi connectivity index (χ1n) is 9.49. The molecule has 1 aromatic heterocycles. The number of para-hydroxylation sites is 1. The zero-order chi connectivity index (χ0) is 20.4. The number of carbonyl (C=O) groups excluding carboxylic acids is 1. The number of aryl methyl sites for hydroxylation is 2. The van der Waals surface area contributed by atoms with Gasteiger partial charge in [0, 0.05) is 18.8 Å². The van der Waals surface area contributed by atoms with E-state index in [1.165, 1.54) is 9.13 Å². The van der Waals surface area contributed by atoms with Crippen LogP contribution in [0.5, 0.6) is 0 Å². The molecule has 3 rings (SSSR count). The van der Waals surface area contributed by atoms with Crippen molar-refractivity contribution >= 4 is 22.5 Å². The lowest BCUT2D eigenvalue weighted by molar-refractivity contribution is -0.119. The predicted molar refractivity (Wildman–Crippen MR) is 112 cm³/mol. The molecule has 0 aliphatic heterocycles. The van der Waals surface area contributed by atoms with Gasteiger partial charge in [0.2, 0.25) is 5.91 Å². The summed E-state index contributed by atoms with van der Waals surface area (Å²) in [5.41, 5.74) is 2.66. The standard InChI is InChI=1S/C22H25N3O3/c1-5-23(18-12-11-15(3)13-16(18)4)20(26)14-25-19-10-8-7-9-17(19)21(27)24(6-2)22(25)28/h7-13H,5-6,14H2,1-4H3. The van der Waals surface area contributed by atoms with E-state index in [4.69, 9.17) is 0 Å². The van der Waals surface area contributed by atoms with Gasteiger partial charge >= 0.3 is 5.69 Å². The molecule has 0 unspecified atom stereocenters. The minimum absolute atomic E-state index is 0.124. The lowest BCUT2D eigenvalue weighted by Crippen LogP contribution is -2.43. The Kier molecular flexibility index (Phi) is 5.49. The van der Waals surface area contributed by atoms with Gasteiger partial charge in [-0.3, -0.25) is 18.7 Å². The highest BCUT2D eigenvalue weighted by Crippen LogP contribution is 2.21. The molecule has 0 bridgehead atoms. The summed E-state index contributed by atoms with van der Waals surface area (Å²) in [6.07, 6.45) is 0. The number of amides is 1. The van der Waals surface area contributed by atoms with Crippen molar-refractivity contribution in [2.75, 3.05) is 11.4 Å². The molecule has 0 N–H and O–H groups in total. The highest BCUT2D eigenvalue weighted by molar-refractivity contribution is 5.94. The minimum Gasteiger partial charge on any atom is -0.311 e. The molecule has 1 amide bonds. The van der Waals surface area contributed by atoms with E-state index in [0.717, 1.165) is 16.8 Å². The number of benzene rings is 2. The second-order valence-corrected chi connectivity index (χ2v) is 6.86. The fraction of sp³-hybridized carbons (Fsp3) is 0.318. The first kappa shape index (κ1) is 19.6. The molecule has 0 fully saturated rings. The van der Waals surface area contributed by atoms with Crippen LogP contribution < -0.4 is 16.1 Å². The molecule has 1 heterocycles. The second kappa shape index (κ2) is 7.84. The average Bonchev–Trinajstić information content (AvgIpc) is 2.68. The molecule has 6 nitrogen and oxygen atoms in total. The number of nitrogens with zero attached hydrogens (tertiary/aromatic N) is 3. The largest absolute Gasteiger partial charge is 0.331 e. The van der Waals surface area contributed by atoms with Crippen molar-refractivity contribution < 1.29 is 4.79 Å². The molecule has 0 aliphatic carbocycles. The maximum Gasteiger partial charge on any atom is 0.331 e. The Labute approximate surface area is 163 Å². The maximum absolute atomic E-state index is 13.1. The third-order valence-corrected chi connectivity index (χ3v) is 5.00. The Hall–Kier alpha value is -3.15. The van der Waals surface area contributed by atoms with Crippen LogP contribution in [0.25, 0.3) is 10.9 Å². The lowest BCUT2D eigenvalue weighted by atomic mass is 10.1. The smallest absolute Gasteiger partial charge is 0.311 e. The van der Waals surface area contributed by atoms with Crippen molar-refractivity contribution in [3.63, 3.8) is 0 Å². The van der Waals surface area contributed by atoms with Gasteiger partial charge in [-0.25, -0.2) is 4.79 Å². The van der Waals surface area contributed by atoms with Crippen LogP contribution in [0.4, 0.5) is 5.69 Å². The molecular formula is C22H25N3O3. The molecule has 3 aromatic rings. The van der Waals surface area contributed by atoms with Crippen molar-refractivity contribution in [3.8, 4) is 0 Å². The van der Waals surface area contributed by atoms with Crippen LogP contribution in [0.1, 0.15) is 25.0 Å². The number of aromatic nitrogens is 2. The van der Waals surface area contributed by atoms with Crippen molar-refractivity contribution in [2.24, 2.45) is 0 Å². The number of carbonyl (C=O) groups is 1.